The monoisotopic (exact) mass is 477 g/mol. The van der Waals surface area contributed by atoms with Gasteiger partial charge in [-0.25, -0.2) is 4.98 Å². The molecule has 1 amide bonds. The van der Waals surface area contributed by atoms with E-state index in [1.165, 1.54) is 63.5 Å². The summed E-state index contributed by atoms with van der Waals surface area (Å²) in [7, 11) is 1.70. The molecule has 0 aromatic carbocycles. The summed E-state index contributed by atoms with van der Waals surface area (Å²) in [5.41, 5.74) is 4.20. The second kappa shape index (κ2) is 10.9. The largest absolute Gasteiger partial charge is 0.359 e. The number of imidazole rings is 1. The molecule has 5 atom stereocenters. The number of hydrogen-bond donors (Lipinski definition) is 1. The zero-order valence-electron chi connectivity index (χ0n) is 22.6. The lowest BCUT2D eigenvalue weighted by molar-refractivity contribution is -0.126. The van der Waals surface area contributed by atoms with Gasteiger partial charge in [0.05, 0.1) is 6.33 Å². The molecule has 4 nitrogen and oxygen atoms in total. The number of fused-ring (bicyclic) bond motifs is 5. The van der Waals surface area contributed by atoms with E-state index in [4.69, 9.17) is 0 Å². The number of allylic oxidation sites excluding steroid dienone is 5. The third-order valence-corrected chi connectivity index (χ3v) is 10.1. The quantitative estimate of drug-likeness (QED) is 0.451. The summed E-state index contributed by atoms with van der Waals surface area (Å²) in [5.74, 6) is 3.20. The smallest absolute Gasteiger partial charge is 0.222 e. The minimum atomic E-state index is 0.219. The van der Waals surface area contributed by atoms with Crippen molar-refractivity contribution in [2.45, 2.75) is 91.4 Å². The van der Waals surface area contributed by atoms with Crippen LogP contribution in [0.1, 0.15) is 91.4 Å². The molecule has 0 bridgehead atoms. The Hall–Kier alpha value is -2.10. The molecule has 1 aromatic rings. The highest BCUT2D eigenvalue weighted by atomic mass is 16.1. The Balaban J connectivity index is 0.000000221. The Morgan fingerprint density at radius 3 is 2.46 bits per heavy atom. The van der Waals surface area contributed by atoms with Gasteiger partial charge in [-0.2, -0.15) is 0 Å². The van der Waals surface area contributed by atoms with Gasteiger partial charge in [-0.05, 0) is 87.9 Å². The minimum absolute atomic E-state index is 0.219. The number of nitrogens with one attached hydrogen (secondary N) is 1. The number of carbonyl (C=O) groups excluding carboxylic acids is 1. The Bertz CT molecular complexity index is 940. The van der Waals surface area contributed by atoms with Gasteiger partial charge in [-0.1, -0.05) is 50.5 Å². The Morgan fingerprint density at radius 2 is 1.86 bits per heavy atom. The van der Waals surface area contributed by atoms with Gasteiger partial charge in [0.25, 0.3) is 0 Å². The van der Waals surface area contributed by atoms with E-state index in [1.807, 2.05) is 25.0 Å². The van der Waals surface area contributed by atoms with E-state index >= 15 is 0 Å². The number of carbonyl (C=O) groups is 1. The lowest BCUT2D eigenvalue weighted by atomic mass is 9.48. The van der Waals surface area contributed by atoms with Gasteiger partial charge < -0.3 is 9.88 Å². The maximum atomic E-state index is 10.7. The zero-order valence-corrected chi connectivity index (χ0v) is 22.6. The first-order valence-electron chi connectivity index (χ1n) is 14.1. The molecule has 5 unspecified atom stereocenters. The summed E-state index contributed by atoms with van der Waals surface area (Å²) in [4.78, 5) is 15.0. The first-order valence-corrected chi connectivity index (χ1v) is 14.1. The molecule has 6 rings (SSSR count). The molecule has 1 aromatic heterocycles. The molecule has 0 saturated heterocycles. The maximum absolute atomic E-state index is 10.7. The van der Waals surface area contributed by atoms with Crippen molar-refractivity contribution in [1.29, 1.82) is 0 Å². The number of aromatic nitrogens is 2. The van der Waals surface area contributed by atoms with Gasteiger partial charge in [-0.15, -0.1) is 6.58 Å². The molecule has 3 saturated carbocycles. The van der Waals surface area contributed by atoms with Crippen molar-refractivity contribution >= 4 is 11.6 Å². The van der Waals surface area contributed by atoms with Crippen LogP contribution in [0.3, 0.4) is 0 Å². The van der Waals surface area contributed by atoms with E-state index in [9.17, 15) is 4.79 Å². The molecule has 3 fully saturated rings. The van der Waals surface area contributed by atoms with Crippen molar-refractivity contribution in [2.75, 3.05) is 7.05 Å². The third-order valence-electron chi connectivity index (χ3n) is 10.1. The van der Waals surface area contributed by atoms with Gasteiger partial charge >= 0.3 is 0 Å². The molecule has 0 radical (unpaired) electrons. The summed E-state index contributed by atoms with van der Waals surface area (Å²) >= 11 is 0. The molecular formula is C31H47N3O. The highest BCUT2D eigenvalue weighted by Gasteiger charge is 2.56. The zero-order chi connectivity index (χ0) is 25.1. The Kier molecular flexibility index (Phi) is 8.08. The molecule has 0 aliphatic heterocycles. The second-order valence-corrected chi connectivity index (χ2v) is 11.9. The van der Waals surface area contributed by atoms with Crippen molar-refractivity contribution in [3.8, 4) is 0 Å². The van der Waals surface area contributed by atoms with E-state index in [-0.39, 0.29) is 5.91 Å². The van der Waals surface area contributed by atoms with Gasteiger partial charge in [-0.3, -0.25) is 4.79 Å². The van der Waals surface area contributed by atoms with Crippen molar-refractivity contribution in [2.24, 2.45) is 34.5 Å². The van der Waals surface area contributed by atoms with Crippen LogP contribution in [0.25, 0.3) is 5.70 Å². The van der Waals surface area contributed by atoms with Gasteiger partial charge in [0, 0.05) is 36.5 Å². The lowest BCUT2D eigenvalue weighted by Crippen LogP contribution is -2.49. The predicted octanol–water partition coefficient (Wildman–Crippen LogP) is 7.41. The summed E-state index contributed by atoms with van der Waals surface area (Å²) in [6.45, 7) is 10.4. The average molecular weight is 478 g/mol. The van der Waals surface area contributed by atoms with Gasteiger partial charge in [0.1, 0.15) is 0 Å². The summed E-state index contributed by atoms with van der Waals surface area (Å²) < 4.78 is 2.28. The van der Waals surface area contributed by atoms with Crippen LogP contribution >= 0.6 is 0 Å². The van der Waals surface area contributed by atoms with E-state index in [0.717, 1.165) is 30.6 Å². The summed E-state index contributed by atoms with van der Waals surface area (Å²) in [6.07, 6.45) is 27.5. The van der Waals surface area contributed by atoms with Crippen LogP contribution in [-0.2, 0) is 4.79 Å². The van der Waals surface area contributed by atoms with E-state index in [2.05, 4.69) is 53.6 Å². The Morgan fingerprint density at radius 1 is 1.09 bits per heavy atom. The Labute approximate surface area is 213 Å². The van der Waals surface area contributed by atoms with Crippen LogP contribution in [0.2, 0.25) is 0 Å². The van der Waals surface area contributed by atoms with Crippen LogP contribution in [-0.4, -0.2) is 22.5 Å². The van der Waals surface area contributed by atoms with Crippen molar-refractivity contribution in [3.63, 3.8) is 0 Å². The van der Waals surface area contributed by atoms with Crippen molar-refractivity contribution < 1.29 is 4.79 Å². The first kappa shape index (κ1) is 26.0. The standard InChI is InChI=1S/C22H30N2.C6H11NO.C3H6/c1-21-11-4-3-5-16(21)6-7-17-18-8-9-20(24-14-13-23-15-24)22(18,2)12-10-19(17)21;1-7-6(8)5-3-2-4-5;1-3-2/h6,9,13-15,17-19H,3-5,7-8,10-12H2,1-2H3;5H,2-4H2,1H3,(H,7,8);3H,1H2,2H3. The molecular weight excluding hydrogens is 430 g/mol. The number of hydrogen-bond acceptors (Lipinski definition) is 2. The number of nitrogens with zero attached hydrogens (tertiary/aromatic N) is 2. The molecule has 5 aliphatic carbocycles. The molecule has 0 spiro atoms. The normalized spacial score (nSPS) is 35.1. The van der Waals surface area contributed by atoms with Crippen molar-refractivity contribution in [1.82, 2.24) is 14.9 Å². The van der Waals surface area contributed by atoms with Gasteiger partial charge in [0.2, 0.25) is 5.91 Å². The van der Waals surface area contributed by atoms with Crippen LogP contribution in [0, 0.1) is 34.5 Å². The average Bonchev–Trinajstić information content (AvgIpc) is 3.45. The third kappa shape index (κ3) is 4.82. The molecule has 4 heteroatoms. The minimum Gasteiger partial charge on any atom is -0.359 e. The SMILES string of the molecule is C=CC.CC12CCCCC1=CCC1C2CCC2(C)C(n3ccnc3)=CCC12.CNC(=O)C1CCC1. The van der Waals surface area contributed by atoms with Gasteiger partial charge in [0.15, 0.2) is 0 Å². The highest BCUT2D eigenvalue weighted by Crippen LogP contribution is 2.65. The molecule has 35 heavy (non-hydrogen) atoms. The number of amides is 1. The van der Waals surface area contributed by atoms with E-state index < -0.39 is 0 Å². The van der Waals surface area contributed by atoms with Crippen LogP contribution in [0.5, 0.6) is 0 Å². The van der Waals surface area contributed by atoms with Crippen LogP contribution in [0.15, 0.2) is 49.1 Å². The van der Waals surface area contributed by atoms with Crippen molar-refractivity contribution in [3.05, 3.63) is 49.1 Å². The predicted molar refractivity (Wildman–Crippen MR) is 145 cm³/mol. The summed E-state index contributed by atoms with van der Waals surface area (Å²) in [6, 6.07) is 0. The fourth-order valence-corrected chi connectivity index (χ4v) is 7.92. The topological polar surface area (TPSA) is 46.9 Å². The molecule has 1 N–H and O–H groups in total. The molecule has 192 valence electrons. The molecule has 1 heterocycles. The molecule has 5 aliphatic rings. The van der Waals surface area contributed by atoms with E-state index in [0.29, 0.717) is 16.7 Å². The highest BCUT2D eigenvalue weighted by molar-refractivity contribution is 5.78. The van der Waals surface area contributed by atoms with Crippen LogP contribution in [0.4, 0.5) is 0 Å². The summed E-state index contributed by atoms with van der Waals surface area (Å²) in [5, 5.41) is 2.63. The first-order chi connectivity index (χ1) is 16.9. The fraction of sp³-hybridized carbons (Fsp3) is 0.677. The fourth-order valence-electron chi connectivity index (χ4n) is 7.92. The maximum Gasteiger partial charge on any atom is 0.222 e. The number of rotatable bonds is 2. The second-order valence-electron chi connectivity index (χ2n) is 11.9. The lowest BCUT2D eigenvalue weighted by Gasteiger charge is -2.57. The van der Waals surface area contributed by atoms with Crippen LogP contribution < -0.4 is 5.32 Å². The van der Waals surface area contributed by atoms with E-state index in [1.54, 1.807) is 13.1 Å².